The van der Waals surface area contributed by atoms with Gasteiger partial charge in [0.05, 0.1) is 12.7 Å². The quantitative estimate of drug-likeness (QED) is 0.739. The zero-order valence-corrected chi connectivity index (χ0v) is 15.5. The Kier molecular flexibility index (Phi) is 4.32. The summed E-state index contributed by atoms with van der Waals surface area (Å²) in [5.41, 5.74) is 2.77. The number of anilines is 1. The van der Waals surface area contributed by atoms with Crippen molar-refractivity contribution in [1.29, 1.82) is 0 Å². The average molecular weight is 358 g/mol. The number of methoxy groups -OCH3 is 1. The molecule has 1 amide bonds. The van der Waals surface area contributed by atoms with Crippen molar-refractivity contribution in [3.05, 3.63) is 95.6 Å². The molecule has 4 rings (SSSR count). The number of carbonyl (C=O) groups excluding carboxylic acids is 1. The molecule has 0 saturated carbocycles. The Morgan fingerprint density at radius 1 is 0.926 bits per heavy atom. The highest BCUT2D eigenvalue weighted by atomic mass is 16.5. The Labute approximate surface area is 159 Å². The topological polar surface area (TPSA) is 41.6 Å². The molecule has 1 atom stereocenters. The Hall–Kier alpha value is -3.27. The van der Waals surface area contributed by atoms with Gasteiger partial charge in [0, 0.05) is 17.8 Å². The van der Waals surface area contributed by atoms with E-state index in [0.29, 0.717) is 12.1 Å². The molecule has 1 heterocycles. The number of benzene rings is 3. The van der Waals surface area contributed by atoms with Gasteiger partial charge in [0.1, 0.15) is 11.4 Å². The highest BCUT2D eigenvalue weighted by Crippen LogP contribution is 2.41. The number of nitrogens with zero attached hydrogens (tertiary/aromatic N) is 1. The number of fused-ring (bicyclic) bond motifs is 1. The first kappa shape index (κ1) is 17.2. The van der Waals surface area contributed by atoms with E-state index in [4.69, 9.17) is 4.74 Å². The molecule has 0 radical (unpaired) electrons. The lowest BCUT2D eigenvalue weighted by Crippen LogP contribution is -2.55. The van der Waals surface area contributed by atoms with Gasteiger partial charge >= 0.3 is 0 Å². The van der Waals surface area contributed by atoms with Gasteiger partial charge in [-0.25, -0.2) is 0 Å². The third-order valence-electron chi connectivity index (χ3n) is 5.14. The van der Waals surface area contributed by atoms with Crippen LogP contribution in [0.3, 0.4) is 0 Å². The molecule has 3 aromatic rings. The molecule has 136 valence electrons. The smallest absolute Gasteiger partial charge is 0.258 e. The summed E-state index contributed by atoms with van der Waals surface area (Å²) in [7, 11) is 1.66. The highest BCUT2D eigenvalue weighted by molar-refractivity contribution is 6.02. The maximum atomic E-state index is 13.5. The van der Waals surface area contributed by atoms with Crippen molar-refractivity contribution in [2.75, 3.05) is 12.4 Å². The van der Waals surface area contributed by atoms with Crippen LogP contribution in [0, 0.1) is 0 Å². The van der Waals surface area contributed by atoms with Crippen molar-refractivity contribution in [3.8, 4) is 5.75 Å². The first-order chi connectivity index (χ1) is 13.1. The molecule has 1 N–H and O–H groups in total. The zero-order valence-electron chi connectivity index (χ0n) is 15.5. The van der Waals surface area contributed by atoms with Crippen LogP contribution < -0.4 is 10.1 Å². The Bertz CT molecular complexity index is 971. The normalized spacial score (nSPS) is 18.6. The molecule has 1 aliphatic heterocycles. The van der Waals surface area contributed by atoms with Gasteiger partial charge in [-0.1, -0.05) is 60.7 Å². The summed E-state index contributed by atoms with van der Waals surface area (Å²) < 4.78 is 5.61. The van der Waals surface area contributed by atoms with Gasteiger partial charge in [-0.15, -0.1) is 0 Å². The van der Waals surface area contributed by atoms with Crippen LogP contribution in [-0.4, -0.2) is 17.9 Å². The number of ether oxygens (including phenoxy) is 1. The van der Waals surface area contributed by atoms with Crippen molar-refractivity contribution in [1.82, 2.24) is 4.90 Å². The SMILES string of the molecule is COc1ccccc1C1(C)Nc2ccccc2C(=O)N1Cc1ccccc1. The molecule has 0 fully saturated rings. The maximum absolute atomic E-state index is 13.5. The first-order valence-electron chi connectivity index (χ1n) is 9.00. The fourth-order valence-electron chi connectivity index (χ4n) is 3.71. The number of para-hydroxylation sites is 2. The van der Waals surface area contributed by atoms with E-state index in [1.165, 1.54) is 0 Å². The summed E-state index contributed by atoms with van der Waals surface area (Å²) >= 11 is 0. The lowest BCUT2D eigenvalue weighted by atomic mass is 9.92. The molecule has 27 heavy (non-hydrogen) atoms. The van der Waals surface area contributed by atoms with Crippen LogP contribution in [0.15, 0.2) is 78.9 Å². The predicted molar refractivity (Wildman–Crippen MR) is 107 cm³/mol. The van der Waals surface area contributed by atoms with Gasteiger partial charge in [0.25, 0.3) is 5.91 Å². The van der Waals surface area contributed by atoms with Gasteiger partial charge in [-0.05, 0) is 30.7 Å². The van der Waals surface area contributed by atoms with Crippen LogP contribution in [0.25, 0.3) is 0 Å². The van der Waals surface area contributed by atoms with Gasteiger partial charge in [0.2, 0.25) is 0 Å². The van der Waals surface area contributed by atoms with Crippen LogP contribution in [0.2, 0.25) is 0 Å². The Morgan fingerprint density at radius 3 is 2.37 bits per heavy atom. The number of hydrogen-bond donors (Lipinski definition) is 1. The number of rotatable bonds is 4. The molecule has 1 aliphatic rings. The molecule has 3 aromatic carbocycles. The fourth-order valence-corrected chi connectivity index (χ4v) is 3.71. The van der Waals surface area contributed by atoms with E-state index in [0.717, 1.165) is 22.6 Å². The van der Waals surface area contributed by atoms with Gasteiger partial charge < -0.3 is 15.0 Å². The van der Waals surface area contributed by atoms with E-state index in [2.05, 4.69) is 5.32 Å². The van der Waals surface area contributed by atoms with E-state index >= 15 is 0 Å². The summed E-state index contributed by atoms with van der Waals surface area (Å²) in [5, 5.41) is 3.59. The van der Waals surface area contributed by atoms with Crippen LogP contribution in [-0.2, 0) is 12.2 Å². The van der Waals surface area contributed by atoms with Crippen LogP contribution in [0.4, 0.5) is 5.69 Å². The highest BCUT2D eigenvalue weighted by Gasteiger charge is 2.43. The van der Waals surface area contributed by atoms with Crippen molar-refractivity contribution in [2.45, 2.75) is 19.1 Å². The predicted octanol–water partition coefficient (Wildman–Crippen LogP) is 4.64. The molecule has 0 aliphatic carbocycles. The minimum Gasteiger partial charge on any atom is -0.496 e. The fraction of sp³-hybridized carbons (Fsp3) is 0.174. The summed E-state index contributed by atoms with van der Waals surface area (Å²) in [5.74, 6) is 0.749. The molecule has 0 spiro atoms. The second-order valence-corrected chi connectivity index (χ2v) is 6.82. The average Bonchev–Trinajstić information content (AvgIpc) is 2.72. The number of hydrogen-bond acceptors (Lipinski definition) is 3. The summed E-state index contributed by atoms with van der Waals surface area (Å²) in [6.07, 6.45) is 0. The zero-order chi connectivity index (χ0) is 18.9. The maximum Gasteiger partial charge on any atom is 0.258 e. The third-order valence-corrected chi connectivity index (χ3v) is 5.14. The minimum absolute atomic E-state index is 0.00149. The second-order valence-electron chi connectivity index (χ2n) is 6.82. The second kappa shape index (κ2) is 6.80. The summed E-state index contributed by atoms with van der Waals surface area (Å²) in [6, 6.07) is 25.5. The summed E-state index contributed by atoms with van der Waals surface area (Å²) in [4.78, 5) is 15.3. The molecule has 0 bridgehead atoms. The van der Waals surface area contributed by atoms with E-state index in [9.17, 15) is 4.79 Å². The van der Waals surface area contributed by atoms with E-state index in [1.807, 2.05) is 90.7 Å². The van der Waals surface area contributed by atoms with Crippen molar-refractivity contribution >= 4 is 11.6 Å². The van der Waals surface area contributed by atoms with Crippen LogP contribution in [0.1, 0.15) is 28.4 Å². The van der Waals surface area contributed by atoms with Crippen molar-refractivity contribution in [3.63, 3.8) is 0 Å². The molecular formula is C23H22N2O2. The monoisotopic (exact) mass is 358 g/mol. The molecule has 1 unspecified atom stereocenters. The number of carbonyl (C=O) groups is 1. The Morgan fingerprint density at radius 2 is 1.59 bits per heavy atom. The molecule has 4 nitrogen and oxygen atoms in total. The van der Waals surface area contributed by atoms with Crippen molar-refractivity contribution < 1.29 is 9.53 Å². The van der Waals surface area contributed by atoms with E-state index in [-0.39, 0.29) is 5.91 Å². The van der Waals surface area contributed by atoms with E-state index in [1.54, 1.807) is 7.11 Å². The molecule has 0 aromatic heterocycles. The lowest BCUT2D eigenvalue weighted by Gasteiger charge is -2.47. The lowest BCUT2D eigenvalue weighted by molar-refractivity contribution is 0.0504. The molecule has 0 saturated heterocycles. The number of amides is 1. The van der Waals surface area contributed by atoms with Gasteiger partial charge in [0.15, 0.2) is 0 Å². The largest absolute Gasteiger partial charge is 0.496 e. The summed E-state index contributed by atoms with van der Waals surface area (Å²) in [6.45, 7) is 2.52. The van der Waals surface area contributed by atoms with Gasteiger partial charge in [-0.3, -0.25) is 4.79 Å². The van der Waals surface area contributed by atoms with Crippen LogP contribution >= 0.6 is 0 Å². The number of nitrogens with one attached hydrogen (secondary N) is 1. The third kappa shape index (κ3) is 2.93. The standard InChI is InChI=1S/C23H22N2O2/c1-23(19-13-7-9-15-21(19)27-2)24-20-14-8-6-12-18(20)22(26)25(23)16-17-10-4-3-5-11-17/h3-15,24H,16H2,1-2H3. The van der Waals surface area contributed by atoms with E-state index < -0.39 is 5.66 Å². The molecular weight excluding hydrogens is 336 g/mol. The minimum atomic E-state index is -0.742. The van der Waals surface area contributed by atoms with Gasteiger partial charge in [-0.2, -0.15) is 0 Å². The Balaban J connectivity index is 1.87. The molecule has 4 heteroatoms. The first-order valence-corrected chi connectivity index (χ1v) is 9.00. The van der Waals surface area contributed by atoms with Crippen LogP contribution in [0.5, 0.6) is 5.75 Å². The van der Waals surface area contributed by atoms with Crippen molar-refractivity contribution in [2.24, 2.45) is 0 Å².